The van der Waals surface area contributed by atoms with Gasteiger partial charge in [0.15, 0.2) is 11.5 Å². The van der Waals surface area contributed by atoms with Crippen LogP contribution < -0.4 is 9.47 Å². The van der Waals surface area contributed by atoms with Crippen molar-refractivity contribution in [2.24, 2.45) is 0 Å². The van der Waals surface area contributed by atoms with Gasteiger partial charge >= 0.3 is 0 Å². The molecule has 0 unspecified atom stereocenters. The molecule has 0 aliphatic carbocycles. The van der Waals surface area contributed by atoms with E-state index in [0.29, 0.717) is 30.2 Å². The Labute approximate surface area is 165 Å². The number of piperazine rings is 1. The van der Waals surface area contributed by atoms with Crippen molar-refractivity contribution >= 4 is 15.9 Å². The molecule has 8 heteroatoms. The van der Waals surface area contributed by atoms with Crippen molar-refractivity contribution in [3.63, 3.8) is 0 Å². The van der Waals surface area contributed by atoms with E-state index in [1.807, 2.05) is 25.1 Å². The summed E-state index contributed by atoms with van der Waals surface area (Å²) in [6.07, 6.45) is 0. The summed E-state index contributed by atoms with van der Waals surface area (Å²) in [7, 11) is -0.722. The van der Waals surface area contributed by atoms with Gasteiger partial charge in [0.05, 0.1) is 19.1 Å². The molecular weight excluding hydrogens is 380 g/mol. The van der Waals surface area contributed by atoms with Crippen molar-refractivity contribution in [2.45, 2.75) is 11.8 Å². The molecule has 1 heterocycles. The number of benzene rings is 2. The molecule has 0 N–H and O–H groups in total. The summed E-state index contributed by atoms with van der Waals surface area (Å²) in [6, 6.07) is 11.9. The largest absolute Gasteiger partial charge is 0.493 e. The Morgan fingerprint density at radius 2 is 1.61 bits per heavy atom. The van der Waals surface area contributed by atoms with Crippen LogP contribution in [0, 0.1) is 6.92 Å². The smallest absolute Gasteiger partial charge is 0.253 e. The lowest BCUT2D eigenvalue weighted by Crippen LogP contribution is -2.50. The van der Waals surface area contributed by atoms with Gasteiger partial charge in [-0.1, -0.05) is 17.7 Å². The van der Waals surface area contributed by atoms with Gasteiger partial charge in [0.25, 0.3) is 5.91 Å². The first-order chi connectivity index (χ1) is 13.4. The van der Waals surface area contributed by atoms with E-state index in [1.165, 1.54) is 30.7 Å². The Bertz CT molecular complexity index is 966. The molecule has 150 valence electrons. The van der Waals surface area contributed by atoms with E-state index < -0.39 is 10.0 Å². The SMILES string of the molecule is COc1ccc(S(=O)(=O)N2CCN(C(=O)c3cccc(C)c3)CC2)cc1OC. The standard InChI is InChI=1S/C20H24N2O5S/c1-15-5-4-6-16(13-15)20(23)21-9-11-22(12-10-21)28(24,25)17-7-8-18(26-2)19(14-17)27-3/h4-8,13-14H,9-12H2,1-3H3. The predicted molar refractivity (Wildman–Crippen MR) is 105 cm³/mol. The van der Waals surface area contributed by atoms with Gasteiger partial charge in [-0.3, -0.25) is 4.79 Å². The van der Waals surface area contributed by atoms with E-state index in [-0.39, 0.29) is 23.9 Å². The Kier molecular flexibility index (Phi) is 5.90. The molecule has 28 heavy (non-hydrogen) atoms. The van der Waals surface area contributed by atoms with E-state index in [2.05, 4.69) is 0 Å². The van der Waals surface area contributed by atoms with Gasteiger partial charge in [-0.05, 0) is 31.2 Å². The summed E-state index contributed by atoms with van der Waals surface area (Å²) >= 11 is 0. The molecule has 1 fully saturated rings. The van der Waals surface area contributed by atoms with E-state index >= 15 is 0 Å². The van der Waals surface area contributed by atoms with E-state index in [1.54, 1.807) is 17.0 Å². The van der Waals surface area contributed by atoms with Crippen molar-refractivity contribution in [2.75, 3.05) is 40.4 Å². The zero-order valence-corrected chi connectivity index (χ0v) is 17.0. The number of aryl methyl sites for hydroxylation is 1. The molecule has 1 amide bonds. The Hall–Kier alpha value is -2.58. The van der Waals surface area contributed by atoms with Crippen LogP contribution in [0.1, 0.15) is 15.9 Å². The molecule has 1 aliphatic rings. The highest BCUT2D eigenvalue weighted by molar-refractivity contribution is 7.89. The van der Waals surface area contributed by atoms with Crippen LogP contribution in [0.3, 0.4) is 0 Å². The second-order valence-electron chi connectivity index (χ2n) is 6.58. The van der Waals surface area contributed by atoms with Crippen LogP contribution in [0.5, 0.6) is 11.5 Å². The normalized spacial score (nSPS) is 15.3. The number of amides is 1. The van der Waals surface area contributed by atoms with Crippen LogP contribution in [0.25, 0.3) is 0 Å². The van der Waals surface area contributed by atoms with Crippen molar-refractivity contribution in [1.29, 1.82) is 0 Å². The molecule has 2 aromatic carbocycles. The number of rotatable bonds is 5. The minimum atomic E-state index is -3.68. The fourth-order valence-corrected chi connectivity index (χ4v) is 4.66. The lowest BCUT2D eigenvalue weighted by atomic mass is 10.1. The van der Waals surface area contributed by atoms with Crippen LogP contribution in [-0.4, -0.2) is 63.9 Å². The van der Waals surface area contributed by atoms with E-state index in [0.717, 1.165) is 5.56 Å². The molecule has 2 aromatic rings. The van der Waals surface area contributed by atoms with Gasteiger partial charge in [0, 0.05) is 37.8 Å². The summed E-state index contributed by atoms with van der Waals surface area (Å²) < 4.78 is 37.7. The fourth-order valence-electron chi connectivity index (χ4n) is 3.22. The number of hydrogen-bond donors (Lipinski definition) is 0. The van der Waals surface area contributed by atoms with Gasteiger partial charge in [0.1, 0.15) is 0 Å². The Morgan fingerprint density at radius 3 is 2.21 bits per heavy atom. The van der Waals surface area contributed by atoms with Crippen LogP contribution in [0.15, 0.2) is 47.4 Å². The number of carbonyl (C=O) groups excluding carboxylic acids is 1. The average Bonchev–Trinajstić information content (AvgIpc) is 2.72. The number of hydrogen-bond acceptors (Lipinski definition) is 5. The maximum Gasteiger partial charge on any atom is 0.253 e. The zero-order valence-electron chi connectivity index (χ0n) is 16.2. The molecule has 1 saturated heterocycles. The third-order valence-corrected chi connectivity index (χ3v) is 6.68. The molecule has 3 rings (SSSR count). The van der Waals surface area contributed by atoms with Gasteiger partial charge in [-0.15, -0.1) is 0 Å². The third kappa shape index (κ3) is 3.98. The first kappa shape index (κ1) is 20.2. The topological polar surface area (TPSA) is 76.2 Å². The minimum absolute atomic E-state index is 0.0770. The van der Waals surface area contributed by atoms with Gasteiger partial charge < -0.3 is 14.4 Å². The molecule has 0 atom stereocenters. The number of ether oxygens (including phenoxy) is 2. The lowest BCUT2D eigenvalue weighted by Gasteiger charge is -2.34. The maximum absolute atomic E-state index is 13.0. The lowest BCUT2D eigenvalue weighted by molar-refractivity contribution is 0.0698. The average molecular weight is 404 g/mol. The number of carbonyl (C=O) groups is 1. The van der Waals surface area contributed by atoms with Gasteiger partial charge in [-0.2, -0.15) is 4.31 Å². The molecule has 0 radical (unpaired) electrons. The minimum Gasteiger partial charge on any atom is -0.493 e. The molecule has 0 bridgehead atoms. The van der Waals surface area contributed by atoms with Gasteiger partial charge in [0.2, 0.25) is 10.0 Å². The number of nitrogens with zero attached hydrogens (tertiary/aromatic N) is 2. The summed E-state index contributed by atoms with van der Waals surface area (Å²) in [5.74, 6) is 0.749. The first-order valence-electron chi connectivity index (χ1n) is 8.95. The molecule has 1 aliphatic heterocycles. The monoisotopic (exact) mass is 404 g/mol. The van der Waals surface area contributed by atoms with Crippen LogP contribution in [0.2, 0.25) is 0 Å². The van der Waals surface area contributed by atoms with Crippen LogP contribution in [0.4, 0.5) is 0 Å². The zero-order chi connectivity index (χ0) is 20.3. The van der Waals surface area contributed by atoms with Gasteiger partial charge in [-0.25, -0.2) is 8.42 Å². The van der Waals surface area contributed by atoms with Crippen molar-refractivity contribution in [3.05, 3.63) is 53.6 Å². The van der Waals surface area contributed by atoms with Crippen molar-refractivity contribution in [3.8, 4) is 11.5 Å². The predicted octanol–water partition coefficient (Wildman–Crippen LogP) is 2.16. The number of methoxy groups -OCH3 is 2. The van der Waals surface area contributed by atoms with Crippen LogP contribution >= 0.6 is 0 Å². The summed E-state index contributed by atoms with van der Waals surface area (Å²) in [5.41, 5.74) is 1.64. The van der Waals surface area contributed by atoms with Crippen molar-refractivity contribution < 1.29 is 22.7 Å². The second kappa shape index (κ2) is 8.20. The van der Waals surface area contributed by atoms with E-state index in [4.69, 9.17) is 9.47 Å². The Balaban J connectivity index is 1.72. The maximum atomic E-state index is 13.0. The molecule has 0 spiro atoms. The fraction of sp³-hybridized carbons (Fsp3) is 0.350. The Morgan fingerprint density at radius 1 is 0.929 bits per heavy atom. The molecule has 0 aromatic heterocycles. The van der Waals surface area contributed by atoms with Crippen LogP contribution in [-0.2, 0) is 10.0 Å². The quantitative estimate of drug-likeness (QED) is 0.763. The van der Waals surface area contributed by atoms with Crippen molar-refractivity contribution in [1.82, 2.24) is 9.21 Å². The third-order valence-electron chi connectivity index (χ3n) is 4.78. The van der Waals surface area contributed by atoms with E-state index in [9.17, 15) is 13.2 Å². The summed E-state index contributed by atoms with van der Waals surface area (Å²) in [5, 5.41) is 0. The second-order valence-corrected chi connectivity index (χ2v) is 8.52. The first-order valence-corrected chi connectivity index (χ1v) is 10.4. The molecule has 0 saturated carbocycles. The molecule has 7 nitrogen and oxygen atoms in total. The highest BCUT2D eigenvalue weighted by atomic mass is 32.2. The molecular formula is C20H24N2O5S. The highest BCUT2D eigenvalue weighted by Crippen LogP contribution is 2.31. The summed E-state index contributed by atoms with van der Waals surface area (Å²) in [4.78, 5) is 14.5. The number of sulfonamides is 1. The highest BCUT2D eigenvalue weighted by Gasteiger charge is 2.31. The summed E-state index contributed by atoms with van der Waals surface area (Å²) in [6.45, 7) is 3.12.